The molecule has 0 atom stereocenters. The van der Waals surface area contributed by atoms with Crippen LogP contribution in [0.3, 0.4) is 0 Å². The molecule has 0 saturated heterocycles. The number of hydrazone groups is 1. The highest BCUT2D eigenvalue weighted by molar-refractivity contribution is 6.45. The zero-order chi connectivity index (χ0) is 20.1. The van der Waals surface area contributed by atoms with Gasteiger partial charge in [-0.2, -0.15) is 10.4 Å². The number of nitrogens with one attached hydrogen (secondary N) is 2. The third-order valence-corrected chi connectivity index (χ3v) is 3.80. The van der Waals surface area contributed by atoms with E-state index in [0.29, 0.717) is 29.1 Å². The summed E-state index contributed by atoms with van der Waals surface area (Å²) in [5, 5.41) is 20.1. The zero-order valence-corrected chi connectivity index (χ0v) is 14.9. The zero-order valence-electron chi connectivity index (χ0n) is 14.9. The number of carbonyl (C=O) groups is 1. The Morgan fingerprint density at radius 1 is 1.39 bits per heavy atom. The molecule has 3 rings (SSSR count). The van der Waals surface area contributed by atoms with Gasteiger partial charge in [-0.05, 0) is 17.7 Å². The first-order valence-electron chi connectivity index (χ1n) is 8.15. The summed E-state index contributed by atoms with van der Waals surface area (Å²) in [7, 11) is 1.27. The average Bonchev–Trinajstić information content (AvgIpc) is 3.10. The smallest absolute Gasteiger partial charge is 0.338 e. The lowest BCUT2D eigenvalue weighted by atomic mass is 10.1. The van der Waals surface area contributed by atoms with Gasteiger partial charge in [0.15, 0.2) is 17.3 Å². The van der Waals surface area contributed by atoms with Crippen LogP contribution >= 0.6 is 0 Å². The summed E-state index contributed by atoms with van der Waals surface area (Å²) in [6.45, 7) is 0. The minimum Gasteiger partial charge on any atom is -0.465 e. The highest BCUT2D eigenvalue weighted by atomic mass is 16.5. The molecule has 0 spiro atoms. The second kappa shape index (κ2) is 8.01. The van der Waals surface area contributed by atoms with Crippen LogP contribution in [0.4, 0.5) is 5.69 Å². The van der Waals surface area contributed by atoms with E-state index in [-0.39, 0.29) is 11.3 Å². The van der Waals surface area contributed by atoms with Crippen LogP contribution in [0.25, 0.3) is 11.1 Å². The number of fused-ring (bicyclic) bond motifs is 1. The fourth-order valence-corrected chi connectivity index (χ4v) is 2.51. The van der Waals surface area contributed by atoms with Gasteiger partial charge in [-0.1, -0.05) is 30.3 Å². The molecule has 0 aliphatic carbocycles. The molecule has 0 fully saturated rings. The van der Waals surface area contributed by atoms with Crippen molar-refractivity contribution >= 4 is 34.3 Å². The first-order valence-corrected chi connectivity index (χ1v) is 8.15. The maximum atomic E-state index is 12.0. The molecule has 0 amide bonds. The van der Waals surface area contributed by atoms with Gasteiger partial charge in [0, 0.05) is 6.42 Å². The molecule has 0 unspecified atom stereocenters. The average molecular weight is 376 g/mol. The standard InChI is InChI=1S/C19H16N6O3/c1-27-19(26)12-8-13-17(14(9-12)24-25-15(10-20)18(21)22)28-16(23-13)7-11-5-3-2-4-6-11/h2-6,8-9,24H,7H2,1H3,(H3,21,22)/b25-15+. The minimum absolute atomic E-state index is 0.230. The fraction of sp³-hybridized carbons (Fsp3) is 0.105. The van der Waals surface area contributed by atoms with Gasteiger partial charge in [-0.15, -0.1) is 0 Å². The van der Waals surface area contributed by atoms with Crippen LogP contribution < -0.4 is 11.2 Å². The molecule has 28 heavy (non-hydrogen) atoms. The van der Waals surface area contributed by atoms with Crippen molar-refractivity contribution in [3.63, 3.8) is 0 Å². The van der Waals surface area contributed by atoms with E-state index in [2.05, 4.69) is 15.5 Å². The molecule has 3 aromatic rings. The highest BCUT2D eigenvalue weighted by Crippen LogP contribution is 2.28. The van der Waals surface area contributed by atoms with Gasteiger partial charge < -0.3 is 14.9 Å². The summed E-state index contributed by atoms with van der Waals surface area (Å²) < 4.78 is 10.6. The van der Waals surface area contributed by atoms with Crippen LogP contribution in [0.5, 0.6) is 0 Å². The Balaban J connectivity index is 2.05. The summed E-state index contributed by atoms with van der Waals surface area (Å²) in [4.78, 5) is 16.4. The lowest BCUT2D eigenvalue weighted by Crippen LogP contribution is -2.21. The lowest BCUT2D eigenvalue weighted by molar-refractivity contribution is 0.0601. The van der Waals surface area contributed by atoms with Crippen molar-refractivity contribution in [2.45, 2.75) is 6.42 Å². The van der Waals surface area contributed by atoms with Gasteiger partial charge in [-0.3, -0.25) is 10.8 Å². The number of amidine groups is 1. The normalized spacial score (nSPS) is 11.1. The number of hydrogen-bond acceptors (Lipinski definition) is 8. The van der Waals surface area contributed by atoms with E-state index in [1.807, 2.05) is 30.3 Å². The van der Waals surface area contributed by atoms with Gasteiger partial charge >= 0.3 is 5.97 Å². The van der Waals surface area contributed by atoms with Crippen LogP contribution in [0.1, 0.15) is 21.8 Å². The summed E-state index contributed by atoms with van der Waals surface area (Å²) in [6, 6.07) is 14.4. The van der Waals surface area contributed by atoms with E-state index in [1.165, 1.54) is 13.2 Å². The van der Waals surface area contributed by atoms with Crippen LogP contribution in [0.15, 0.2) is 52.0 Å². The number of carbonyl (C=O) groups excluding carboxylic acids is 1. The Hall–Kier alpha value is -4.19. The monoisotopic (exact) mass is 376 g/mol. The summed E-state index contributed by atoms with van der Waals surface area (Å²) in [6.07, 6.45) is 0.461. The molecule has 0 radical (unpaired) electrons. The first kappa shape index (κ1) is 18.6. The first-order chi connectivity index (χ1) is 13.5. The number of oxazole rings is 1. The molecule has 140 valence electrons. The van der Waals surface area contributed by atoms with Gasteiger partial charge in [0.05, 0.1) is 12.7 Å². The van der Waals surface area contributed by atoms with E-state index in [9.17, 15) is 4.79 Å². The Morgan fingerprint density at radius 3 is 2.79 bits per heavy atom. The lowest BCUT2D eigenvalue weighted by Gasteiger charge is -2.05. The number of methoxy groups -OCH3 is 1. The Bertz CT molecular complexity index is 1110. The van der Waals surface area contributed by atoms with Crippen molar-refractivity contribution in [1.29, 1.82) is 10.7 Å². The van der Waals surface area contributed by atoms with Gasteiger partial charge in [0.25, 0.3) is 0 Å². The molecule has 2 aromatic carbocycles. The van der Waals surface area contributed by atoms with Crippen molar-refractivity contribution in [3.8, 4) is 6.07 Å². The maximum absolute atomic E-state index is 12.0. The number of rotatable bonds is 6. The molecule has 0 aliphatic heterocycles. The van der Waals surface area contributed by atoms with Crippen molar-refractivity contribution in [2.75, 3.05) is 12.5 Å². The molecule has 0 aliphatic rings. The van der Waals surface area contributed by atoms with Crippen molar-refractivity contribution in [1.82, 2.24) is 4.98 Å². The molecule has 9 nitrogen and oxygen atoms in total. The van der Waals surface area contributed by atoms with Crippen LogP contribution in [0, 0.1) is 16.7 Å². The maximum Gasteiger partial charge on any atom is 0.338 e. The quantitative estimate of drug-likeness (QED) is 0.259. The second-order valence-electron chi connectivity index (χ2n) is 5.73. The van der Waals surface area contributed by atoms with E-state index in [0.717, 1.165) is 5.56 Å². The van der Waals surface area contributed by atoms with E-state index in [4.69, 9.17) is 25.6 Å². The van der Waals surface area contributed by atoms with Crippen molar-refractivity contribution < 1.29 is 13.9 Å². The largest absolute Gasteiger partial charge is 0.465 e. The predicted octanol–water partition coefficient (Wildman–Crippen LogP) is 2.43. The number of ether oxygens (including phenoxy) is 1. The van der Waals surface area contributed by atoms with Gasteiger partial charge in [0.2, 0.25) is 5.71 Å². The van der Waals surface area contributed by atoms with Crippen LogP contribution in [0.2, 0.25) is 0 Å². The summed E-state index contributed by atoms with van der Waals surface area (Å²) in [5.74, 6) is -0.603. The molecule has 0 saturated carbocycles. The number of benzene rings is 2. The molecular weight excluding hydrogens is 360 g/mol. The number of hydrogen-bond donors (Lipinski definition) is 3. The Morgan fingerprint density at radius 2 is 2.14 bits per heavy atom. The Labute approximate surface area is 159 Å². The molecule has 1 aromatic heterocycles. The molecule has 1 heterocycles. The molecule has 4 N–H and O–H groups in total. The number of esters is 1. The molecular formula is C19H16N6O3. The van der Waals surface area contributed by atoms with Gasteiger partial charge in [0.1, 0.15) is 17.3 Å². The third-order valence-electron chi connectivity index (χ3n) is 3.80. The summed E-state index contributed by atoms with van der Waals surface area (Å²) >= 11 is 0. The minimum atomic E-state index is -0.561. The van der Waals surface area contributed by atoms with E-state index >= 15 is 0 Å². The SMILES string of the molecule is COC(=O)c1cc(N/N=C(\C#N)C(=N)N)c2oc(Cc3ccccc3)nc2c1. The predicted molar refractivity (Wildman–Crippen MR) is 103 cm³/mol. The topological polar surface area (TPSA) is 150 Å². The van der Waals surface area contributed by atoms with E-state index < -0.39 is 11.8 Å². The van der Waals surface area contributed by atoms with Crippen molar-refractivity contribution in [3.05, 3.63) is 59.5 Å². The molecule has 9 heteroatoms. The number of nitrogens with two attached hydrogens (primary N) is 1. The van der Waals surface area contributed by atoms with Crippen LogP contribution in [-0.4, -0.2) is 29.6 Å². The number of nitriles is 1. The number of anilines is 1. The second-order valence-corrected chi connectivity index (χ2v) is 5.73. The van der Waals surface area contributed by atoms with Crippen molar-refractivity contribution in [2.24, 2.45) is 10.8 Å². The third kappa shape index (κ3) is 3.96. The Kier molecular flexibility index (Phi) is 5.32. The van der Waals surface area contributed by atoms with E-state index in [1.54, 1.807) is 12.1 Å². The number of nitrogens with zero attached hydrogens (tertiary/aromatic N) is 3. The molecule has 0 bridgehead atoms. The van der Waals surface area contributed by atoms with Crippen LogP contribution in [-0.2, 0) is 11.2 Å². The fourth-order valence-electron chi connectivity index (χ4n) is 2.51. The van der Waals surface area contributed by atoms with Gasteiger partial charge in [-0.25, -0.2) is 9.78 Å². The highest BCUT2D eigenvalue weighted by Gasteiger charge is 2.16. The number of aromatic nitrogens is 1. The summed E-state index contributed by atoms with van der Waals surface area (Å²) in [5.41, 5.74) is 9.92.